The van der Waals surface area contributed by atoms with Crippen LogP contribution in [0.1, 0.15) is 15.9 Å². The topological polar surface area (TPSA) is 80.5 Å². The van der Waals surface area contributed by atoms with Gasteiger partial charge in [-0.15, -0.1) is 0 Å². The van der Waals surface area contributed by atoms with E-state index in [1.165, 1.54) is 11.8 Å². The second kappa shape index (κ2) is 8.26. The van der Waals surface area contributed by atoms with E-state index in [2.05, 4.69) is 29.3 Å². The monoisotopic (exact) mass is 314 g/mol. The van der Waals surface area contributed by atoms with Gasteiger partial charge in [-0.1, -0.05) is 12.1 Å². The highest BCUT2D eigenvalue weighted by Gasteiger charge is 2.03. The molecule has 122 valence electrons. The molecule has 0 aliphatic rings. The number of nitrogens with two attached hydrogens (primary N) is 1. The van der Waals surface area contributed by atoms with Gasteiger partial charge in [-0.3, -0.25) is 4.79 Å². The van der Waals surface area contributed by atoms with Crippen LogP contribution in [0.15, 0.2) is 42.6 Å². The normalized spacial score (nSPS) is 10.7. The van der Waals surface area contributed by atoms with E-state index in [0.29, 0.717) is 17.2 Å². The van der Waals surface area contributed by atoms with Gasteiger partial charge in [0.1, 0.15) is 5.75 Å². The highest BCUT2D eigenvalue weighted by molar-refractivity contribution is 5.92. The first kappa shape index (κ1) is 16.9. The van der Waals surface area contributed by atoms with E-state index in [1.807, 2.05) is 24.3 Å². The van der Waals surface area contributed by atoms with E-state index in [0.717, 1.165) is 19.6 Å². The number of nitrogens with one attached hydrogen (secondary N) is 1. The third-order valence-corrected chi connectivity index (χ3v) is 3.23. The number of ether oxygens (including phenoxy) is 1. The first-order valence-corrected chi connectivity index (χ1v) is 7.42. The highest BCUT2D eigenvalue weighted by Crippen LogP contribution is 2.19. The minimum atomic E-state index is -0.504. The molecule has 0 saturated heterocycles. The second-order valence-electron chi connectivity index (χ2n) is 5.48. The molecule has 1 heterocycles. The lowest BCUT2D eigenvalue weighted by Gasteiger charge is -2.10. The van der Waals surface area contributed by atoms with Crippen LogP contribution in [0.2, 0.25) is 0 Å². The van der Waals surface area contributed by atoms with Crippen molar-refractivity contribution < 1.29 is 9.53 Å². The van der Waals surface area contributed by atoms with Crippen molar-refractivity contribution in [1.29, 1.82) is 0 Å². The van der Waals surface area contributed by atoms with E-state index in [1.54, 1.807) is 12.1 Å². The number of nitrogens with zero attached hydrogens (tertiary/aromatic N) is 2. The molecule has 0 spiro atoms. The molecule has 0 aliphatic heterocycles. The molecule has 6 heteroatoms. The summed E-state index contributed by atoms with van der Waals surface area (Å²) in [4.78, 5) is 17.2. The van der Waals surface area contributed by atoms with Gasteiger partial charge in [-0.05, 0) is 37.9 Å². The molecule has 0 bridgehead atoms. The van der Waals surface area contributed by atoms with E-state index < -0.39 is 5.91 Å². The van der Waals surface area contributed by atoms with Gasteiger partial charge >= 0.3 is 0 Å². The number of benzene rings is 1. The number of rotatable bonds is 8. The quantitative estimate of drug-likeness (QED) is 0.724. The second-order valence-corrected chi connectivity index (χ2v) is 5.48. The minimum Gasteiger partial charge on any atom is -0.439 e. The van der Waals surface area contributed by atoms with Crippen LogP contribution in [0.5, 0.6) is 11.6 Å². The number of pyridine rings is 1. The minimum absolute atomic E-state index is 0.358. The summed E-state index contributed by atoms with van der Waals surface area (Å²) in [6.45, 7) is 2.77. The van der Waals surface area contributed by atoms with Crippen molar-refractivity contribution in [3.05, 3.63) is 53.7 Å². The van der Waals surface area contributed by atoms with E-state index in [4.69, 9.17) is 10.5 Å². The number of hydrogen-bond acceptors (Lipinski definition) is 5. The fraction of sp³-hybridized carbons (Fsp3) is 0.294. The standard InChI is InChI=1S/C17H22N4O2/c1-21(2)10-9-19-11-13-3-6-15(7-4-13)23-16-8-5-14(12-20-16)17(18)22/h3-8,12,19H,9-11H2,1-2H3,(H2,18,22). The summed E-state index contributed by atoms with van der Waals surface area (Å²) < 4.78 is 5.63. The van der Waals surface area contributed by atoms with Gasteiger partial charge in [0.25, 0.3) is 0 Å². The molecule has 0 atom stereocenters. The Morgan fingerprint density at radius 2 is 1.96 bits per heavy atom. The number of hydrogen-bond donors (Lipinski definition) is 2. The van der Waals surface area contributed by atoms with Crippen LogP contribution >= 0.6 is 0 Å². The van der Waals surface area contributed by atoms with Crippen LogP contribution in [-0.4, -0.2) is 43.0 Å². The lowest BCUT2D eigenvalue weighted by molar-refractivity contribution is 0.1000. The number of aromatic nitrogens is 1. The number of carbonyl (C=O) groups excluding carboxylic acids is 1. The lowest BCUT2D eigenvalue weighted by Crippen LogP contribution is -2.26. The zero-order chi connectivity index (χ0) is 16.7. The van der Waals surface area contributed by atoms with Gasteiger partial charge in [0.05, 0.1) is 5.56 Å². The number of amides is 1. The Labute approximate surface area is 136 Å². The Morgan fingerprint density at radius 1 is 1.22 bits per heavy atom. The average molecular weight is 314 g/mol. The maximum atomic E-state index is 11.0. The van der Waals surface area contributed by atoms with Gasteiger partial charge in [-0.25, -0.2) is 4.98 Å². The molecule has 0 radical (unpaired) electrons. The zero-order valence-electron chi connectivity index (χ0n) is 13.5. The van der Waals surface area contributed by atoms with Crippen molar-refractivity contribution in [2.75, 3.05) is 27.2 Å². The molecule has 2 rings (SSSR count). The summed E-state index contributed by atoms with van der Waals surface area (Å²) in [5, 5.41) is 3.38. The van der Waals surface area contributed by atoms with E-state index in [-0.39, 0.29) is 0 Å². The Hall–Kier alpha value is -2.44. The van der Waals surface area contributed by atoms with Gasteiger partial charge in [0.15, 0.2) is 0 Å². The highest BCUT2D eigenvalue weighted by atomic mass is 16.5. The molecule has 0 fully saturated rings. The lowest BCUT2D eigenvalue weighted by atomic mass is 10.2. The van der Waals surface area contributed by atoms with Crippen LogP contribution in [0.3, 0.4) is 0 Å². The fourth-order valence-electron chi connectivity index (χ4n) is 1.92. The molecule has 1 aromatic carbocycles. The Morgan fingerprint density at radius 3 is 2.52 bits per heavy atom. The predicted octanol–water partition coefficient (Wildman–Crippen LogP) is 1.62. The van der Waals surface area contributed by atoms with Gasteiger partial charge in [0, 0.05) is 31.9 Å². The molecule has 6 nitrogen and oxygen atoms in total. The largest absolute Gasteiger partial charge is 0.439 e. The molecule has 0 unspecified atom stereocenters. The molecule has 0 saturated carbocycles. The van der Waals surface area contributed by atoms with Crippen molar-refractivity contribution >= 4 is 5.91 Å². The van der Waals surface area contributed by atoms with Gasteiger partial charge < -0.3 is 20.7 Å². The van der Waals surface area contributed by atoms with Crippen molar-refractivity contribution in [3.63, 3.8) is 0 Å². The smallest absolute Gasteiger partial charge is 0.250 e. The molecule has 3 N–H and O–H groups in total. The molecule has 2 aromatic rings. The Bertz CT molecular complexity index is 624. The Balaban J connectivity index is 1.85. The number of likely N-dealkylation sites (N-methyl/N-ethyl adjacent to an activating group) is 1. The maximum absolute atomic E-state index is 11.0. The van der Waals surface area contributed by atoms with Crippen LogP contribution in [-0.2, 0) is 6.54 Å². The number of primary amides is 1. The summed E-state index contributed by atoms with van der Waals surface area (Å²) in [6.07, 6.45) is 1.40. The fourth-order valence-corrected chi connectivity index (χ4v) is 1.92. The van der Waals surface area contributed by atoms with Crippen molar-refractivity contribution in [3.8, 4) is 11.6 Å². The first-order valence-electron chi connectivity index (χ1n) is 7.42. The summed E-state index contributed by atoms with van der Waals surface area (Å²) >= 11 is 0. The van der Waals surface area contributed by atoms with Crippen molar-refractivity contribution in [2.24, 2.45) is 5.73 Å². The molecule has 0 aliphatic carbocycles. The zero-order valence-corrected chi connectivity index (χ0v) is 13.5. The molecule has 1 amide bonds. The van der Waals surface area contributed by atoms with Crippen LogP contribution in [0, 0.1) is 0 Å². The molecular formula is C17H22N4O2. The van der Waals surface area contributed by atoms with Gasteiger partial charge in [-0.2, -0.15) is 0 Å². The average Bonchev–Trinajstić information content (AvgIpc) is 2.53. The maximum Gasteiger partial charge on any atom is 0.250 e. The van der Waals surface area contributed by atoms with Crippen LogP contribution in [0.4, 0.5) is 0 Å². The Kier molecular flexibility index (Phi) is 6.08. The van der Waals surface area contributed by atoms with E-state index >= 15 is 0 Å². The van der Waals surface area contributed by atoms with Crippen LogP contribution < -0.4 is 15.8 Å². The summed E-state index contributed by atoms with van der Waals surface area (Å²) in [7, 11) is 4.11. The van der Waals surface area contributed by atoms with Crippen molar-refractivity contribution in [2.45, 2.75) is 6.54 Å². The van der Waals surface area contributed by atoms with E-state index in [9.17, 15) is 4.79 Å². The SMILES string of the molecule is CN(C)CCNCc1ccc(Oc2ccc(C(N)=O)cn2)cc1. The summed E-state index contributed by atoms with van der Waals surface area (Å²) in [5.41, 5.74) is 6.72. The summed E-state index contributed by atoms with van der Waals surface area (Å²) in [5.74, 6) is 0.614. The third kappa shape index (κ3) is 5.69. The molecule has 1 aromatic heterocycles. The predicted molar refractivity (Wildman–Crippen MR) is 89.5 cm³/mol. The van der Waals surface area contributed by atoms with Crippen molar-refractivity contribution in [1.82, 2.24) is 15.2 Å². The van der Waals surface area contributed by atoms with Crippen LogP contribution in [0.25, 0.3) is 0 Å². The third-order valence-electron chi connectivity index (χ3n) is 3.23. The molecule has 23 heavy (non-hydrogen) atoms. The van der Waals surface area contributed by atoms with Gasteiger partial charge in [0.2, 0.25) is 11.8 Å². The molecular weight excluding hydrogens is 292 g/mol. The summed E-state index contributed by atoms with van der Waals surface area (Å²) in [6, 6.07) is 11.0. The number of carbonyl (C=O) groups is 1. The first-order chi connectivity index (χ1) is 11.0.